The molecule has 0 N–H and O–H groups in total. The fraction of sp³-hybridized carbons (Fsp3) is 0.500. The number of hydrogen-bond donors (Lipinski definition) is 0. The minimum atomic E-state index is 0.930. The monoisotopic (exact) mass is 301 g/mol. The van der Waals surface area contributed by atoms with E-state index in [0.717, 1.165) is 12.5 Å². The average Bonchev–Trinajstić information content (AvgIpc) is 2.67. The van der Waals surface area contributed by atoms with Crippen molar-refractivity contribution in [2.45, 2.75) is 13.0 Å². The Morgan fingerprint density at radius 1 is 1.29 bits per heavy atom. The van der Waals surface area contributed by atoms with Gasteiger partial charge in [0.05, 0.1) is 0 Å². The van der Waals surface area contributed by atoms with E-state index >= 15 is 0 Å². The van der Waals surface area contributed by atoms with Gasteiger partial charge in [-0.05, 0) is 24.4 Å². The molecule has 1 aromatic rings. The topological polar surface area (TPSA) is 3.24 Å². The van der Waals surface area contributed by atoms with Crippen LogP contribution in [0.5, 0.6) is 0 Å². The molecule has 0 spiro atoms. The van der Waals surface area contributed by atoms with Crippen molar-refractivity contribution in [3.8, 4) is 0 Å². The van der Waals surface area contributed by atoms with Crippen LogP contribution in [0.15, 0.2) is 30.3 Å². The lowest BCUT2D eigenvalue weighted by Crippen LogP contribution is -2.20. The molecular weight excluding hydrogens is 285 g/mol. The first-order valence-corrected chi connectivity index (χ1v) is 6.73. The predicted molar refractivity (Wildman–Crippen MR) is 68.7 cm³/mol. The van der Waals surface area contributed by atoms with E-state index < -0.39 is 0 Å². The lowest BCUT2D eigenvalue weighted by Gasteiger charge is -2.15. The second-order valence-corrected chi connectivity index (χ2v) is 4.91. The van der Waals surface area contributed by atoms with Crippen LogP contribution in [-0.2, 0) is 6.54 Å². The molecule has 2 heteroatoms. The Hall–Kier alpha value is -0.0900. The second kappa shape index (κ2) is 5.12. The number of nitrogens with zero attached hydrogens (tertiary/aromatic N) is 1. The van der Waals surface area contributed by atoms with E-state index in [-0.39, 0.29) is 0 Å². The zero-order valence-electron chi connectivity index (χ0n) is 8.32. The highest BCUT2D eigenvalue weighted by Crippen LogP contribution is 2.20. The van der Waals surface area contributed by atoms with Crippen molar-refractivity contribution in [2.24, 2.45) is 5.92 Å². The van der Waals surface area contributed by atoms with Gasteiger partial charge in [-0.25, -0.2) is 0 Å². The Kier molecular flexibility index (Phi) is 3.81. The van der Waals surface area contributed by atoms with Crippen LogP contribution in [0.4, 0.5) is 0 Å². The molecule has 0 bridgehead atoms. The van der Waals surface area contributed by atoms with Crippen LogP contribution in [0, 0.1) is 5.92 Å². The van der Waals surface area contributed by atoms with Crippen LogP contribution in [0.3, 0.4) is 0 Å². The van der Waals surface area contributed by atoms with Crippen LogP contribution >= 0.6 is 22.6 Å². The summed E-state index contributed by atoms with van der Waals surface area (Å²) in [6.45, 7) is 3.70. The molecule has 76 valence electrons. The molecule has 0 radical (unpaired) electrons. The second-order valence-electron chi connectivity index (χ2n) is 4.03. The number of benzene rings is 1. The van der Waals surface area contributed by atoms with Crippen molar-refractivity contribution in [1.29, 1.82) is 0 Å². The first-order chi connectivity index (χ1) is 6.88. The van der Waals surface area contributed by atoms with Gasteiger partial charge in [-0.3, -0.25) is 4.90 Å². The van der Waals surface area contributed by atoms with Gasteiger partial charge in [0, 0.05) is 17.5 Å². The Balaban J connectivity index is 1.88. The quantitative estimate of drug-likeness (QED) is 0.613. The third-order valence-electron chi connectivity index (χ3n) is 2.84. The Morgan fingerprint density at radius 2 is 2.07 bits per heavy atom. The van der Waals surface area contributed by atoms with Gasteiger partial charge < -0.3 is 0 Å². The summed E-state index contributed by atoms with van der Waals surface area (Å²) < 4.78 is 1.31. The molecule has 0 amide bonds. The molecule has 0 aliphatic carbocycles. The van der Waals surface area contributed by atoms with Gasteiger partial charge in [-0.2, -0.15) is 0 Å². The van der Waals surface area contributed by atoms with Gasteiger partial charge in [0.15, 0.2) is 0 Å². The number of alkyl halides is 1. The smallest absolute Gasteiger partial charge is 0.0233 e. The van der Waals surface area contributed by atoms with E-state index in [4.69, 9.17) is 0 Å². The third-order valence-corrected chi connectivity index (χ3v) is 4.08. The van der Waals surface area contributed by atoms with Gasteiger partial charge in [-0.1, -0.05) is 52.9 Å². The van der Waals surface area contributed by atoms with Gasteiger partial charge in [0.1, 0.15) is 0 Å². The highest BCUT2D eigenvalue weighted by Gasteiger charge is 2.20. The van der Waals surface area contributed by atoms with E-state index in [0.29, 0.717) is 0 Å². The largest absolute Gasteiger partial charge is 0.299 e. The van der Waals surface area contributed by atoms with E-state index in [1.807, 2.05) is 0 Å². The van der Waals surface area contributed by atoms with E-state index in [1.54, 1.807) is 0 Å². The average molecular weight is 301 g/mol. The summed E-state index contributed by atoms with van der Waals surface area (Å²) in [7, 11) is 0. The van der Waals surface area contributed by atoms with Crippen molar-refractivity contribution < 1.29 is 0 Å². The van der Waals surface area contributed by atoms with Gasteiger partial charge in [-0.15, -0.1) is 0 Å². The molecule has 2 rings (SSSR count). The maximum atomic E-state index is 2.57. The number of halogens is 1. The van der Waals surface area contributed by atoms with Crippen molar-refractivity contribution in [1.82, 2.24) is 4.90 Å². The summed E-state index contributed by atoms with van der Waals surface area (Å²) >= 11 is 2.50. The molecule has 1 fully saturated rings. The number of hydrogen-bond acceptors (Lipinski definition) is 1. The molecule has 0 aromatic heterocycles. The van der Waals surface area contributed by atoms with E-state index in [1.165, 1.54) is 29.5 Å². The minimum Gasteiger partial charge on any atom is -0.299 e. The molecule has 1 saturated heterocycles. The number of rotatable bonds is 3. The Morgan fingerprint density at radius 3 is 2.71 bits per heavy atom. The lowest BCUT2D eigenvalue weighted by molar-refractivity contribution is 0.321. The van der Waals surface area contributed by atoms with Crippen molar-refractivity contribution >= 4 is 22.6 Å². The van der Waals surface area contributed by atoms with Crippen molar-refractivity contribution in [3.05, 3.63) is 35.9 Å². The maximum Gasteiger partial charge on any atom is 0.0233 e. The van der Waals surface area contributed by atoms with Crippen molar-refractivity contribution in [3.63, 3.8) is 0 Å². The summed E-state index contributed by atoms with van der Waals surface area (Å²) in [5, 5.41) is 0. The highest BCUT2D eigenvalue weighted by atomic mass is 127. The summed E-state index contributed by atoms with van der Waals surface area (Å²) in [4.78, 5) is 2.57. The molecule has 1 aromatic carbocycles. The molecule has 0 unspecified atom stereocenters. The van der Waals surface area contributed by atoms with Crippen LogP contribution in [0.25, 0.3) is 0 Å². The van der Waals surface area contributed by atoms with E-state index in [9.17, 15) is 0 Å². The first kappa shape index (κ1) is 10.4. The summed E-state index contributed by atoms with van der Waals surface area (Å²) in [5.41, 5.74) is 1.45. The van der Waals surface area contributed by atoms with Crippen LogP contribution < -0.4 is 0 Å². The SMILES string of the molecule is IC[C@@H]1CCN(Cc2ccccc2)C1. The third kappa shape index (κ3) is 2.70. The summed E-state index contributed by atoms with van der Waals surface area (Å²) in [5.74, 6) is 0.930. The molecule has 1 aliphatic rings. The van der Waals surface area contributed by atoms with Gasteiger partial charge in [0.2, 0.25) is 0 Å². The van der Waals surface area contributed by atoms with Crippen LogP contribution in [0.2, 0.25) is 0 Å². The van der Waals surface area contributed by atoms with Crippen molar-refractivity contribution in [2.75, 3.05) is 17.5 Å². The molecule has 0 saturated carbocycles. The minimum absolute atomic E-state index is 0.930. The fourth-order valence-electron chi connectivity index (χ4n) is 2.02. The van der Waals surface area contributed by atoms with Crippen LogP contribution in [0.1, 0.15) is 12.0 Å². The molecule has 1 heterocycles. The van der Waals surface area contributed by atoms with Crippen LogP contribution in [-0.4, -0.2) is 22.4 Å². The molecule has 1 nitrogen and oxygen atoms in total. The zero-order valence-corrected chi connectivity index (χ0v) is 10.5. The summed E-state index contributed by atoms with van der Waals surface area (Å²) in [6.07, 6.45) is 1.38. The molecule has 1 aliphatic heterocycles. The number of likely N-dealkylation sites (tertiary alicyclic amines) is 1. The molecular formula is C12H16IN. The standard InChI is InChI=1S/C12H16IN/c13-8-12-6-7-14(10-12)9-11-4-2-1-3-5-11/h1-5,12H,6-10H2/t12-/m0/s1. The molecule has 1 atom stereocenters. The fourth-order valence-corrected chi connectivity index (χ4v) is 2.74. The zero-order chi connectivity index (χ0) is 9.80. The Labute approximate surface area is 99.6 Å². The summed E-state index contributed by atoms with van der Waals surface area (Å²) in [6, 6.07) is 10.8. The normalized spacial score (nSPS) is 22.8. The first-order valence-electron chi connectivity index (χ1n) is 5.20. The maximum absolute atomic E-state index is 2.57. The van der Waals surface area contributed by atoms with E-state index in [2.05, 4.69) is 57.8 Å². The highest BCUT2D eigenvalue weighted by molar-refractivity contribution is 14.1. The lowest BCUT2D eigenvalue weighted by atomic mass is 10.2. The Bertz CT molecular complexity index is 273. The van der Waals surface area contributed by atoms with Gasteiger partial charge >= 0.3 is 0 Å². The van der Waals surface area contributed by atoms with Gasteiger partial charge in [0.25, 0.3) is 0 Å². The predicted octanol–water partition coefficient (Wildman–Crippen LogP) is 2.94. The molecule has 14 heavy (non-hydrogen) atoms.